The van der Waals surface area contributed by atoms with E-state index in [9.17, 15) is 0 Å². The van der Waals surface area contributed by atoms with Crippen molar-refractivity contribution >= 4 is 0 Å². The molecule has 0 aliphatic rings. The number of hydrogen-bond acceptors (Lipinski definition) is 1. The van der Waals surface area contributed by atoms with E-state index in [1.54, 1.807) is 0 Å². The second-order valence-corrected chi connectivity index (χ2v) is 3.85. The Hall–Kier alpha value is 0.500. The summed E-state index contributed by atoms with van der Waals surface area (Å²) in [4.78, 5) is 0. The van der Waals surface area contributed by atoms with Crippen molar-refractivity contribution in [1.29, 1.82) is 0 Å². The number of nitrogens with zero attached hydrogens (tertiary/aromatic N) is 2. The van der Waals surface area contributed by atoms with E-state index in [0.717, 1.165) is 34.0 Å². The summed E-state index contributed by atoms with van der Waals surface area (Å²) >= 11 is 1.15. The first-order valence-corrected chi connectivity index (χ1v) is 5.41. The second-order valence-electron chi connectivity index (χ2n) is 3.13. The van der Waals surface area contributed by atoms with Crippen molar-refractivity contribution in [3.63, 3.8) is 0 Å². The van der Waals surface area contributed by atoms with Crippen LogP contribution in [0.3, 0.4) is 0 Å². The molecule has 0 aromatic heterocycles. The molecule has 0 fully saturated rings. The standard InChI is InChI=1S/C4H9N.C4H10N.Ta/c1-4(2,3)5;1-3-5-4-2;/h1-3H3;3-4H2,1-2H3;/q;-1;. The third-order valence-electron chi connectivity index (χ3n) is 0.747. The van der Waals surface area contributed by atoms with Gasteiger partial charge in [-0.15, -0.1) is 0 Å². The van der Waals surface area contributed by atoms with Crippen LogP contribution in [-0.2, 0) is 20.9 Å². The van der Waals surface area contributed by atoms with Crippen LogP contribution in [0.2, 0.25) is 0 Å². The van der Waals surface area contributed by atoms with E-state index in [4.69, 9.17) is 0 Å². The molecule has 0 saturated heterocycles. The maximum atomic E-state index is 4.13. The second kappa shape index (κ2) is 8.60. The Morgan fingerprint density at radius 1 is 1.18 bits per heavy atom. The van der Waals surface area contributed by atoms with Crippen LogP contribution in [0.1, 0.15) is 34.6 Å². The van der Waals surface area contributed by atoms with Gasteiger partial charge in [0.15, 0.2) is 0 Å². The molecule has 67 valence electrons. The largest absolute Gasteiger partial charge is 0.663 e. The SMILES string of the molecule is CC(C)(C)[N]=[Ta].CC[N-]CC. The van der Waals surface area contributed by atoms with Crippen LogP contribution < -0.4 is 0 Å². The van der Waals surface area contributed by atoms with Gasteiger partial charge >= 0.3 is 50.5 Å². The maximum absolute atomic E-state index is 4.13. The van der Waals surface area contributed by atoms with Crippen molar-refractivity contribution in [2.75, 3.05) is 13.1 Å². The van der Waals surface area contributed by atoms with E-state index >= 15 is 0 Å². The molecule has 0 saturated carbocycles. The van der Waals surface area contributed by atoms with Crippen molar-refractivity contribution in [2.24, 2.45) is 3.34 Å². The van der Waals surface area contributed by atoms with Crippen molar-refractivity contribution < 1.29 is 20.9 Å². The zero-order valence-electron chi connectivity index (χ0n) is 8.26. The quantitative estimate of drug-likeness (QED) is 0.747. The summed E-state index contributed by atoms with van der Waals surface area (Å²) in [7, 11) is 0. The minimum absolute atomic E-state index is 0.216. The third-order valence-corrected chi connectivity index (χ3v) is 2.90. The van der Waals surface area contributed by atoms with E-state index in [-0.39, 0.29) is 5.54 Å². The third kappa shape index (κ3) is 25.1. The first kappa shape index (κ1) is 14.0. The fraction of sp³-hybridized carbons (Fsp3) is 1.00. The van der Waals surface area contributed by atoms with Crippen molar-refractivity contribution in [3.8, 4) is 0 Å². The topological polar surface area (TPSA) is 26.5 Å². The van der Waals surface area contributed by atoms with Gasteiger partial charge in [0.05, 0.1) is 0 Å². The summed E-state index contributed by atoms with van der Waals surface area (Å²) in [5.41, 5.74) is 0.216. The molecule has 0 rings (SSSR count). The van der Waals surface area contributed by atoms with Gasteiger partial charge in [-0.1, -0.05) is 13.8 Å². The normalized spacial score (nSPS) is 9.82. The van der Waals surface area contributed by atoms with E-state index in [0.29, 0.717) is 0 Å². The monoisotopic (exact) mass is 324 g/mol. The molecule has 3 heteroatoms. The van der Waals surface area contributed by atoms with Gasteiger partial charge in [-0.3, -0.25) is 0 Å². The van der Waals surface area contributed by atoms with Gasteiger partial charge in [-0.25, -0.2) is 0 Å². The molecular weight excluding hydrogens is 305 g/mol. The first-order valence-electron chi connectivity index (χ1n) is 3.97. The summed E-state index contributed by atoms with van der Waals surface area (Å²) in [6.07, 6.45) is 0. The molecule has 0 atom stereocenters. The maximum Gasteiger partial charge on any atom is -0.0844 e. The molecule has 0 aliphatic heterocycles. The molecule has 2 nitrogen and oxygen atoms in total. The minimum atomic E-state index is 0.216. The predicted octanol–water partition coefficient (Wildman–Crippen LogP) is 2.92. The fourth-order valence-corrected chi connectivity index (χ4v) is 0.224. The van der Waals surface area contributed by atoms with E-state index in [2.05, 4.69) is 29.4 Å². The fourth-order valence-electron chi connectivity index (χ4n) is 0.224. The van der Waals surface area contributed by atoms with Crippen LogP contribution in [0, 0.1) is 0 Å². The molecule has 0 amide bonds. The molecule has 0 heterocycles. The molecule has 0 aliphatic carbocycles. The van der Waals surface area contributed by atoms with Crippen LogP contribution in [-0.4, -0.2) is 18.6 Å². The molecule has 0 radical (unpaired) electrons. The van der Waals surface area contributed by atoms with Gasteiger partial charge < -0.3 is 5.32 Å². The Morgan fingerprint density at radius 2 is 1.45 bits per heavy atom. The zero-order chi connectivity index (χ0) is 9.33. The van der Waals surface area contributed by atoms with E-state index < -0.39 is 0 Å². The molecule has 0 unspecified atom stereocenters. The van der Waals surface area contributed by atoms with Crippen LogP contribution in [0.25, 0.3) is 5.32 Å². The predicted molar refractivity (Wildman–Crippen MR) is 46.6 cm³/mol. The van der Waals surface area contributed by atoms with Gasteiger partial charge in [-0.05, 0) is 0 Å². The summed E-state index contributed by atoms with van der Waals surface area (Å²) in [5, 5.41) is 3.97. The van der Waals surface area contributed by atoms with Crippen LogP contribution in [0.15, 0.2) is 3.34 Å². The van der Waals surface area contributed by atoms with Crippen LogP contribution in [0.5, 0.6) is 0 Å². The summed E-state index contributed by atoms with van der Waals surface area (Å²) < 4.78 is 4.13. The number of hydrogen-bond donors (Lipinski definition) is 0. The van der Waals surface area contributed by atoms with Crippen LogP contribution in [0.4, 0.5) is 0 Å². The van der Waals surface area contributed by atoms with Gasteiger partial charge in [0, 0.05) is 0 Å². The average Bonchev–Trinajstić information content (AvgIpc) is 1.90. The Labute approximate surface area is 82.9 Å². The number of rotatable bonds is 2. The summed E-state index contributed by atoms with van der Waals surface area (Å²) in [6, 6.07) is 0. The van der Waals surface area contributed by atoms with Gasteiger partial charge in [0.2, 0.25) is 0 Å². The average molecular weight is 324 g/mol. The zero-order valence-corrected chi connectivity index (χ0v) is 11.5. The van der Waals surface area contributed by atoms with Gasteiger partial charge in [0.1, 0.15) is 0 Å². The minimum Gasteiger partial charge on any atom is -0.663 e. The Morgan fingerprint density at radius 3 is 1.45 bits per heavy atom. The van der Waals surface area contributed by atoms with Gasteiger partial charge in [-0.2, -0.15) is 13.1 Å². The molecule has 0 bridgehead atoms. The summed E-state index contributed by atoms with van der Waals surface area (Å²) in [6.45, 7) is 12.3. The van der Waals surface area contributed by atoms with Crippen LogP contribution >= 0.6 is 0 Å². The molecule has 0 aromatic carbocycles. The molecule has 0 spiro atoms. The smallest absolute Gasteiger partial charge is 0.0844 e. The Balaban J connectivity index is 0. The molecule has 0 N–H and O–H groups in total. The molecule has 0 aromatic rings. The molecular formula is C8H19N2Ta-. The molecule has 11 heavy (non-hydrogen) atoms. The Kier molecular flexibility index (Phi) is 11.0. The van der Waals surface area contributed by atoms with Crippen molar-refractivity contribution in [2.45, 2.75) is 40.2 Å². The first-order chi connectivity index (χ1) is 4.97. The van der Waals surface area contributed by atoms with E-state index in [1.165, 1.54) is 0 Å². The van der Waals surface area contributed by atoms with Gasteiger partial charge in [0.25, 0.3) is 0 Å². The van der Waals surface area contributed by atoms with Crippen molar-refractivity contribution in [1.82, 2.24) is 0 Å². The van der Waals surface area contributed by atoms with Crippen molar-refractivity contribution in [3.05, 3.63) is 5.32 Å². The Bertz CT molecular complexity index is 84.6. The van der Waals surface area contributed by atoms with E-state index in [1.807, 2.05) is 13.8 Å². The summed E-state index contributed by atoms with van der Waals surface area (Å²) in [5.74, 6) is 0.